The Labute approximate surface area is 199 Å². The number of hydrogen-bond acceptors (Lipinski definition) is 6. The van der Waals surface area contributed by atoms with Gasteiger partial charge in [0.15, 0.2) is 6.61 Å². The van der Waals surface area contributed by atoms with Gasteiger partial charge in [-0.25, -0.2) is 17.6 Å². The predicted octanol–water partition coefficient (Wildman–Crippen LogP) is 2.97. The molecule has 2 aromatic rings. The lowest BCUT2D eigenvalue weighted by molar-refractivity contribution is -0.124. The highest BCUT2D eigenvalue weighted by molar-refractivity contribution is 7.89. The highest BCUT2D eigenvalue weighted by atomic mass is 32.2. The van der Waals surface area contributed by atoms with E-state index < -0.39 is 28.5 Å². The highest BCUT2D eigenvalue weighted by Crippen LogP contribution is 2.32. The van der Waals surface area contributed by atoms with Crippen LogP contribution in [0.1, 0.15) is 36.2 Å². The van der Waals surface area contributed by atoms with Crippen LogP contribution in [-0.2, 0) is 26.1 Å². The molecule has 1 N–H and O–H groups in total. The van der Waals surface area contributed by atoms with Gasteiger partial charge in [0.25, 0.3) is 5.91 Å². The third-order valence-corrected chi connectivity index (χ3v) is 7.44. The van der Waals surface area contributed by atoms with Crippen molar-refractivity contribution in [2.75, 3.05) is 26.8 Å². The smallest absolute Gasteiger partial charge is 0.338 e. The van der Waals surface area contributed by atoms with Crippen molar-refractivity contribution in [3.63, 3.8) is 0 Å². The second-order valence-corrected chi connectivity index (χ2v) is 10.5. The Bertz CT molecular complexity index is 1130. The minimum absolute atomic E-state index is 0.0104. The molecule has 2 atom stereocenters. The number of piperidine rings is 1. The van der Waals surface area contributed by atoms with Crippen LogP contribution in [0.2, 0.25) is 0 Å². The summed E-state index contributed by atoms with van der Waals surface area (Å²) >= 11 is 0. The van der Waals surface area contributed by atoms with Crippen molar-refractivity contribution in [2.45, 2.75) is 31.7 Å². The molecular weight excluding hydrogens is 463 g/mol. The number of halogens is 1. The van der Waals surface area contributed by atoms with Gasteiger partial charge in [0.2, 0.25) is 10.0 Å². The first-order valence-electron chi connectivity index (χ1n) is 11.0. The van der Waals surface area contributed by atoms with Gasteiger partial charge >= 0.3 is 5.97 Å². The molecule has 10 heteroatoms. The third kappa shape index (κ3) is 6.32. The number of rotatable bonds is 8. The molecule has 0 aromatic heterocycles. The summed E-state index contributed by atoms with van der Waals surface area (Å²) < 4.78 is 51.4. The molecule has 1 amide bonds. The number of nitrogens with one attached hydrogen (secondary N) is 1. The van der Waals surface area contributed by atoms with Crippen molar-refractivity contribution in [1.82, 2.24) is 9.62 Å². The number of ether oxygens (including phenoxy) is 2. The van der Waals surface area contributed by atoms with Gasteiger partial charge in [-0.3, -0.25) is 4.79 Å². The molecule has 34 heavy (non-hydrogen) atoms. The van der Waals surface area contributed by atoms with E-state index in [0.29, 0.717) is 18.7 Å². The molecule has 3 rings (SSSR count). The number of sulfonamides is 1. The lowest BCUT2D eigenvalue weighted by atomic mass is 9.94. The minimum Gasteiger partial charge on any atom is -0.495 e. The van der Waals surface area contributed by atoms with Crippen LogP contribution in [-0.4, -0.2) is 51.4 Å². The number of amides is 1. The highest BCUT2D eigenvalue weighted by Gasteiger charge is 2.34. The fourth-order valence-corrected chi connectivity index (χ4v) is 5.88. The van der Waals surface area contributed by atoms with E-state index in [-0.39, 0.29) is 40.4 Å². The van der Waals surface area contributed by atoms with Crippen molar-refractivity contribution >= 4 is 21.9 Å². The Kier molecular flexibility index (Phi) is 8.27. The summed E-state index contributed by atoms with van der Waals surface area (Å²) in [5.41, 5.74) is 0.677. The average Bonchev–Trinajstić information content (AvgIpc) is 2.81. The molecule has 184 valence electrons. The summed E-state index contributed by atoms with van der Waals surface area (Å²) in [6, 6.07) is 9.63. The van der Waals surface area contributed by atoms with Crippen molar-refractivity contribution in [3.8, 4) is 5.75 Å². The molecule has 1 heterocycles. The summed E-state index contributed by atoms with van der Waals surface area (Å²) in [7, 11) is -2.55. The van der Waals surface area contributed by atoms with Crippen molar-refractivity contribution in [2.24, 2.45) is 11.8 Å². The summed E-state index contributed by atoms with van der Waals surface area (Å²) in [6.45, 7) is 4.38. The number of benzene rings is 2. The molecule has 0 aliphatic carbocycles. The van der Waals surface area contributed by atoms with Crippen LogP contribution in [0.25, 0.3) is 0 Å². The maximum absolute atomic E-state index is 13.3. The Morgan fingerprint density at radius 3 is 2.35 bits per heavy atom. The molecule has 1 aliphatic rings. The molecule has 2 aromatic carbocycles. The lowest BCUT2D eigenvalue weighted by Crippen LogP contribution is -2.42. The van der Waals surface area contributed by atoms with E-state index in [0.717, 1.165) is 6.42 Å². The number of carbonyl (C=O) groups is 2. The van der Waals surface area contributed by atoms with Crippen LogP contribution in [0.3, 0.4) is 0 Å². The van der Waals surface area contributed by atoms with Crippen molar-refractivity contribution < 1.29 is 31.9 Å². The van der Waals surface area contributed by atoms with E-state index in [2.05, 4.69) is 5.32 Å². The second-order valence-electron chi connectivity index (χ2n) is 8.61. The van der Waals surface area contributed by atoms with Gasteiger partial charge in [0.05, 0.1) is 12.7 Å². The number of methoxy groups -OCH3 is 1. The van der Waals surface area contributed by atoms with Crippen LogP contribution >= 0.6 is 0 Å². The van der Waals surface area contributed by atoms with Crippen molar-refractivity contribution in [1.29, 1.82) is 0 Å². The summed E-state index contributed by atoms with van der Waals surface area (Å²) in [5, 5.41) is 2.57. The quantitative estimate of drug-likeness (QED) is 0.569. The topological polar surface area (TPSA) is 102 Å². The molecule has 1 fully saturated rings. The molecule has 8 nitrogen and oxygen atoms in total. The Balaban J connectivity index is 1.67. The predicted molar refractivity (Wildman–Crippen MR) is 123 cm³/mol. The average molecular weight is 493 g/mol. The molecule has 1 aliphatic heterocycles. The van der Waals surface area contributed by atoms with Crippen LogP contribution in [0, 0.1) is 17.7 Å². The first-order valence-corrected chi connectivity index (χ1v) is 12.4. The van der Waals surface area contributed by atoms with Gasteiger partial charge < -0.3 is 14.8 Å². The molecule has 0 bridgehead atoms. The van der Waals surface area contributed by atoms with Gasteiger partial charge in [0.1, 0.15) is 16.5 Å². The number of nitrogens with zero attached hydrogens (tertiary/aromatic N) is 1. The zero-order valence-electron chi connectivity index (χ0n) is 19.4. The van der Waals surface area contributed by atoms with Crippen LogP contribution in [0.5, 0.6) is 5.75 Å². The van der Waals surface area contributed by atoms with Gasteiger partial charge in [-0.15, -0.1) is 0 Å². The molecule has 0 saturated carbocycles. The number of esters is 1. The van der Waals surface area contributed by atoms with Gasteiger partial charge in [-0.1, -0.05) is 26.0 Å². The Hall–Kier alpha value is -2.98. The lowest BCUT2D eigenvalue weighted by Gasteiger charge is -2.34. The van der Waals surface area contributed by atoms with E-state index in [1.807, 2.05) is 13.8 Å². The largest absolute Gasteiger partial charge is 0.495 e. The van der Waals surface area contributed by atoms with Gasteiger partial charge in [0, 0.05) is 19.6 Å². The zero-order valence-corrected chi connectivity index (χ0v) is 20.2. The number of carbonyl (C=O) groups excluding carboxylic acids is 2. The minimum atomic E-state index is -3.91. The van der Waals surface area contributed by atoms with Crippen LogP contribution in [0.15, 0.2) is 47.4 Å². The third-order valence-electron chi connectivity index (χ3n) is 5.59. The number of hydrogen-bond donors (Lipinski definition) is 1. The van der Waals surface area contributed by atoms with E-state index in [4.69, 9.17) is 9.47 Å². The molecule has 1 saturated heterocycles. The van der Waals surface area contributed by atoms with E-state index in [1.165, 1.54) is 53.9 Å². The fraction of sp³-hybridized carbons (Fsp3) is 0.417. The first-order chi connectivity index (χ1) is 16.1. The Morgan fingerprint density at radius 1 is 1.09 bits per heavy atom. The van der Waals surface area contributed by atoms with Crippen LogP contribution in [0.4, 0.5) is 4.39 Å². The molecule has 2 unspecified atom stereocenters. The van der Waals surface area contributed by atoms with Gasteiger partial charge in [-0.05, 0) is 54.2 Å². The van der Waals surface area contributed by atoms with E-state index in [9.17, 15) is 22.4 Å². The monoisotopic (exact) mass is 492 g/mol. The summed E-state index contributed by atoms with van der Waals surface area (Å²) in [4.78, 5) is 24.4. The SMILES string of the molecule is COc1ccc(C(=O)OCC(=O)NCc2ccc(F)cc2)cc1S(=O)(=O)N1CC(C)CC(C)C1. The van der Waals surface area contributed by atoms with Crippen LogP contribution < -0.4 is 10.1 Å². The zero-order chi connectivity index (χ0) is 24.9. The van der Waals surface area contributed by atoms with Crippen molar-refractivity contribution in [3.05, 3.63) is 59.4 Å². The van der Waals surface area contributed by atoms with Gasteiger partial charge in [-0.2, -0.15) is 4.31 Å². The first kappa shape index (κ1) is 25.6. The summed E-state index contributed by atoms with van der Waals surface area (Å²) in [6.07, 6.45) is 0.943. The molecular formula is C24H29FN2O6S. The summed E-state index contributed by atoms with van der Waals surface area (Å²) in [5.74, 6) is -1.21. The second kappa shape index (κ2) is 11.0. The normalized spacial score (nSPS) is 18.8. The van der Waals surface area contributed by atoms with E-state index in [1.54, 1.807) is 0 Å². The fourth-order valence-electron chi connectivity index (χ4n) is 4.01. The van der Waals surface area contributed by atoms with E-state index >= 15 is 0 Å². The standard InChI is InChI=1S/C24H29FN2O6S/c1-16-10-17(2)14-27(13-16)34(30,31)22-11-19(6-9-21(22)32-3)24(29)33-15-23(28)26-12-18-4-7-20(25)8-5-18/h4-9,11,16-17H,10,12-15H2,1-3H3,(H,26,28). The Morgan fingerprint density at radius 2 is 1.74 bits per heavy atom. The molecule has 0 spiro atoms. The maximum Gasteiger partial charge on any atom is 0.338 e. The maximum atomic E-state index is 13.3. The molecule has 0 radical (unpaired) electrons.